The van der Waals surface area contributed by atoms with Crippen molar-refractivity contribution in [1.29, 1.82) is 0 Å². The molecule has 3 N–H and O–H groups in total. The van der Waals surface area contributed by atoms with Crippen molar-refractivity contribution in [3.63, 3.8) is 0 Å². The van der Waals surface area contributed by atoms with Crippen molar-refractivity contribution >= 4 is 79.6 Å². The molecule has 10 aromatic rings. The van der Waals surface area contributed by atoms with Gasteiger partial charge in [-0.3, -0.25) is 38.7 Å². The van der Waals surface area contributed by atoms with Crippen LogP contribution < -0.4 is 33.6 Å². The highest BCUT2D eigenvalue weighted by atomic mass is 32.2. The number of nitrogens with zero attached hydrogens (tertiary/aromatic N) is 3. The number of amides is 3. The predicted molar refractivity (Wildman–Crippen MR) is 399 cm³/mol. The first-order chi connectivity index (χ1) is 50.0. The standard InChI is InChI=1S/C32H26FNO4S.C25H24FNO4S.C25H22FNO4S/c1-37-26-16-17-27(29(20-26)38-21-22-8-4-2-5-9-22)31-30(19-18-28(35)23-12-14-24(33)15-13-23)39-32(36)34(31)25-10-6-3-7-11-25;2*1-31-19-11-12-20(22(29)15-19)24-23(14-13-21(28)16-7-9-17(26)10-8-16)32-25(30)27(24)18-5-3-2-4-6-18/h2-20,30-31H,21H2,1H3;2-12,15,21,23-24,28-29H,13-14H2,1H3;2-12,15,23-24,29H,13-14H2,1H3/b19-18+;;/t30-,31-;21-,23+,24+;23-,24-/m101/s1. The molecule has 0 spiro atoms. The van der Waals surface area contributed by atoms with Gasteiger partial charge in [0.15, 0.2) is 11.6 Å². The highest BCUT2D eigenvalue weighted by molar-refractivity contribution is 8.15. The number of phenols is 2. The van der Waals surface area contributed by atoms with E-state index in [-0.39, 0.29) is 61.5 Å². The second-order valence-corrected chi connectivity index (χ2v) is 27.5. The zero-order chi connectivity index (χ0) is 72.5. The van der Waals surface area contributed by atoms with Crippen molar-refractivity contribution < 1.29 is 71.4 Å². The van der Waals surface area contributed by atoms with E-state index in [1.54, 1.807) is 64.3 Å². The van der Waals surface area contributed by atoms with Gasteiger partial charge >= 0.3 is 0 Å². The molecule has 3 heterocycles. The molecule has 15 nitrogen and oxygen atoms in total. The third-order valence-corrected chi connectivity index (χ3v) is 21.0. The number of carbonyl (C=O) groups is 5. The minimum absolute atomic E-state index is 0.0282. The maximum atomic E-state index is 13.4. The van der Waals surface area contributed by atoms with Crippen LogP contribution in [0, 0.1) is 17.5 Å². The average molecular weight is 1440 g/mol. The number of aromatic hydroxyl groups is 2. The summed E-state index contributed by atoms with van der Waals surface area (Å²) in [4.78, 5) is 70.0. The van der Waals surface area contributed by atoms with Crippen LogP contribution in [0.2, 0.25) is 0 Å². The highest BCUT2D eigenvalue weighted by Gasteiger charge is 2.46. The number of ketones is 2. The molecule has 7 atom stereocenters. The van der Waals surface area contributed by atoms with Gasteiger partial charge in [0.25, 0.3) is 15.7 Å². The van der Waals surface area contributed by atoms with Crippen LogP contribution in [0.1, 0.15) is 98.4 Å². The summed E-state index contributed by atoms with van der Waals surface area (Å²) >= 11 is 3.51. The van der Waals surface area contributed by atoms with Crippen molar-refractivity contribution in [3.8, 4) is 34.5 Å². The fourth-order valence-electron chi connectivity index (χ4n) is 12.4. The van der Waals surface area contributed by atoms with Gasteiger partial charge in [0.2, 0.25) is 0 Å². The number of carbonyl (C=O) groups excluding carboxylic acids is 5. The molecule has 3 fully saturated rings. The van der Waals surface area contributed by atoms with Gasteiger partial charge in [-0.15, -0.1) is 0 Å². The summed E-state index contributed by atoms with van der Waals surface area (Å²) in [7, 11) is 4.64. The zero-order valence-corrected chi connectivity index (χ0v) is 58.6. The van der Waals surface area contributed by atoms with Crippen LogP contribution in [-0.4, -0.2) is 79.7 Å². The number of hydrogen-bond donors (Lipinski definition) is 3. The number of ether oxygens (including phenoxy) is 4. The van der Waals surface area contributed by atoms with Gasteiger partial charge in [-0.05, 0) is 170 Å². The summed E-state index contributed by atoms with van der Waals surface area (Å²) in [5, 5.41) is 30.8. The molecule has 3 saturated heterocycles. The third-order valence-electron chi connectivity index (χ3n) is 17.5. The van der Waals surface area contributed by atoms with Crippen LogP contribution in [0.5, 0.6) is 34.5 Å². The molecule has 0 aromatic heterocycles. The molecule has 10 aromatic carbocycles. The van der Waals surface area contributed by atoms with E-state index in [4.69, 9.17) is 18.9 Å². The van der Waals surface area contributed by atoms with E-state index in [0.29, 0.717) is 76.7 Å². The molecular weight excluding hydrogens is 1370 g/mol. The molecule has 0 bridgehead atoms. The molecule has 13 rings (SSSR count). The van der Waals surface area contributed by atoms with Crippen molar-refractivity contribution in [2.75, 3.05) is 36.0 Å². The summed E-state index contributed by atoms with van der Waals surface area (Å²) in [6, 6.07) is 68.8. The highest BCUT2D eigenvalue weighted by Crippen LogP contribution is 2.52. The number of phenolic OH excluding ortho intramolecular Hbond substituents is 2. The summed E-state index contributed by atoms with van der Waals surface area (Å²) in [6.45, 7) is 0.337. The first kappa shape index (κ1) is 73.5. The van der Waals surface area contributed by atoms with Crippen LogP contribution in [-0.2, 0) is 6.61 Å². The molecule has 0 radical (unpaired) electrons. The quantitative estimate of drug-likeness (QED) is 0.0404. The number of methoxy groups -OCH3 is 3. The van der Waals surface area contributed by atoms with Gasteiger partial charge in [0.05, 0.1) is 50.8 Å². The Morgan fingerprint density at radius 2 is 0.883 bits per heavy atom. The predicted octanol–water partition coefficient (Wildman–Crippen LogP) is 19.5. The Morgan fingerprint density at radius 1 is 0.476 bits per heavy atom. The molecule has 3 aliphatic rings. The average Bonchev–Trinajstić information content (AvgIpc) is 1.66. The zero-order valence-electron chi connectivity index (χ0n) is 56.1. The Kier molecular flexibility index (Phi) is 24.8. The molecule has 103 heavy (non-hydrogen) atoms. The Labute approximate surface area is 607 Å². The molecule has 3 amide bonds. The number of halogens is 3. The van der Waals surface area contributed by atoms with Gasteiger partial charge in [0.1, 0.15) is 58.6 Å². The molecule has 0 saturated carbocycles. The van der Waals surface area contributed by atoms with Crippen LogP contribution in [0.25, 0.3) is 0 Å². The number of benzene rings is 10. The Balaban J connectivity index is 0.000000156. The van der Waals surface area contributed by atoms with E-state index in [1.807, 2.05) is 140 Å². The van der Waals surface area contributed by atoms with E-state index in [0.717, 1.165) is 51.7 Å². The van der Waals surface area contributed by atoms with Gasteiger partial charge in [0, 0.05) is 80.0 Å². The van der Waals surface area contributed by atoms with E-state index in [2.05, 4.69) is 0 Å². The lowest BCUT2D eigenvalue weighted by atomic mass is 9.95. The molecule has 526 valence electrons. The van der Waals surface area contributed by atoms with Crippen LogP contribution >= 0.6 is 35.3 Å². The minimum atomic E-state index is -0.776. The summed E-state index contributed by atoms with van der Waals surface area (Å²) in [5.74, 6) is 0.785. The lowest BCUT2D eigenvalue weighted by molar-refractivity contribution is 0.0978. The second-order valence-electron chi connectivity index (χ2n) is 24.0. The minimum Gasteiger partial charge on any atom is -0.507 e. The maximum Gasteiger partial charge on any atom is 0.287 e. The Morgan fingerprint density at radius 3 is 1.35 bits per heavy atom. The van der Waals surface area contributed by atoms with E-state index in [1.165, 1.54) is 105 Å². The molecule has 0 unspecified atom stereocenters. The van der Waals surface area contributed by atoms with Crippen molar-refractivity contribution in [2.24, 2.45) is 0 Å². The molecule has 0 aliphatic carbocycles. The Bertz CT molecular complexity index is 4590. The topological polar surface area (TPSA) is 193 Å². The lowest BCUT2D eigenvalue weighted by Gasteiger charge is -2.28. The third kappa shape index (κ3) is 18.1. The van der Waals surface area contributed by atoms with E-state index < -0.39 is 41.1 Å². The van der Waals surface area contributed by atoms with Gasteiger partial charge in [-0.25, -0.2) is 13.2 Å². The SMILES string of the molecule is COc1ccc([C@@H]2[C@@H](/C=C/C(=O)c3ccc(F)cc3)SC(=O)N2c2ccccc2)c(OCc2ccccc2)c1.COc1ccc([C@@H]2[C@@H](CCC(=O)c3ccc(F)cc3)SC(=O)N2c2ccccc2)c(O)c1.COc1ccc([C@@H]2[C@@H](CC[C@H](O)c3ccc(F)cc3)SC(=O)N2c2ccccc2)c(O)c1. The molecule has 21 heteroatoms. The number of aliphatic hydroxyl groups is 1. The summed E-state index contributed by atoms with van der Waals surface area (Å²) < 4.78 is 61.9. The van der Waals surface area contributed by atoms with E-state index in [9.17, 15) is 52.5 Å². The monoisotopic (exact) mass is 1440 g/mol. The number of hydrogen-bond acceptors (Lipinski definition) is 15. The molecular formula is C82H72F3N3O12S3. The Hall–Kier alpha value is -10.7. The number of rotatable bonds is 23. The first-order valence-electron chi connectivity index (χ1n) is 32.9. The number of para-hydroxylation sites is 3. The smallest absolute Gasteiger partial charge is 0.287 e. The molecule has 3 aliphatic heterocycles. The number of allylic oxidation sites excluding steroid dienone is 1. The van der Waals surface area contributed by atoms with Crippen LogP contribution in [0.4, 0.5) is 44.6 Å². The van der Waals surface area contributed by atoms with Crippen LogP contribution in [0.15, 0.2) is 261 Å². The first-order valence-corrected chi connectivity index (χ1v) is 35.6. The van der Waals surface area contributed by atoms with Gasteiger partial charge < -0.3 is 34.3 Å². The number of aliphatic hydroxyl groups excluding tert-OH is 1. The van der Waals surface area contributed by atoms with Gasteiger partial charge in [-0.2, -0.15) is 0 Å². The summed E-state index contributed by atoms with van der Waals surface area (Å²) in [6.07, 6.45) is 3.96. The maximum absolute atomic E-state index is 13.4. The summed E-state index contributed by atoms with van der Waals surface area (Å²) in [5.41, 5.74) is 6.64. The van der Waals surface area contributed by atoms with Crippen LogP contribution in [0.3, 0.4) is 0 Å². The fourth-order valence-corrected chi connectivity index (χ4v) is 16.0. The van der Waals surface area contributed by atoms with Gasteiger partial charge in [-0.1, -0.05) is 138 Å². The lowest BCUT2D eigenvalue weighted by Crippen LogP contribution is -2.29. The number of anilines is 3. The van der Waals surface area contributed by atoms with E-state index >= 15 is 0 Å². The number of thioether (sulfide) groups is 3. The van der Waals surface area contributed by atoms with Crippen molar-refractivity contribution in [2.45, 2.75) is 72.3 Å². The van der Waals surface area contributed by atoms with Crippen molar-refractivity contribution in [3.05, 3.63) is 317 Å². The number of Topliss-reactive ketones (excluding diaryl/α,β-unsaturated/α-hetero) is 1. The normalized spacial score (nSPS) is 18.0. The largest absolute Gasteiger partial charge is 0.507 e. The second kappa shape index (κ2) is 34.8. The van der Waals surface area contributed by atoms with Crippen molar-refractivity contribution in [1.82, 2.24) is 0 Å². The fraction of sp³-hybridized carbons (Fsp3) is 0.183.